The molecular weight excluding hydrogens is 334 g/mol. The summed E-state index contributed by atoms with van der Waals surface area (Å²) in [6, 6.07) is 10.7. The third kappa shape index (κ3) is 3.43. The Bertz CT molecular complexity index is 826. The van der Waals surface area contributed by atoms with Gasteiger partial charge in [-0.1, -0.05) is 23.4 Å². The van der Waals surface area contributed by atoms with Crippen molar-refractivity contribution in [3.05, 3.63) is 53.8 Å². The van der Waals surface area contributed by atoms with E-state index in [1.807, 2.05) is 36.4 Å². The lowest BCUT2D eigenvalue weighted by molar-refractivity contribution is -0.120. The molecule has 0 aliphatic heterocycles. The molecule has 2 N–H and O–H groups in total. The molecule has 23 heavy (non-hydrogen) atoms. The Morgan fingerprint density at radius 1 is 1.30 bits per heavy atom. The van der Waals surface area contributed by atoms with Gasteiger partial charge in [0.2, 0.25) is 5.91 Å². The molecule has 7 heteroatoms. The second-order valence-electron chi connectivity index (χ2n) is 4.91. The van der Waals surface area contributed by atoms with E-state index in [1.165, 1.54) is 11.8 Å². The first-order valence-electron chi connectivity index (χ1n) is 6.90. The highest BCUT2D eigenvalue weighted by Gasteiger charge is 2.18. The molecule has 0 fully saturated rings. The summed E-state index contributed by atoms with van der Waals surface area (Å²) in [5, 5.41) is 1.42. The number of halogens is 1. The number of aromatic nitrogens is 2. The first-order chi connectivity index (χ1) is 11.0. The van der Waals surface area contributed by atoms with Crippen molar-refractivity contribution in [3.63, 3.8) is 0 Å². The Balaban J connectivity index is 1.84. The van der Waals surface area contributed by atoms with E-state index in [9.17, 15) is 4.79 Å². The summed E-state index contributed by atoms with van der Waals surface area (Å²) < 4.78 is 7.52. The van der Waals surface area contributed by atoms with Crippen LogP contribution in [0.25, 0.3) is 11.6 Å². The van der Waals surface area contributed by atoms with Crippen molar-refractivity contribution in [2.75, 3.05) is 0 Å². The molecule has 0 radical (unpaired) electrons. The number of primary amides is 1. The van der Waals surface area contributed by atoms with Crippen molar-refractivity contribution < 1.29 is 9.21 Å². The van der Waals surface area contributed by atoms with Crippen molar-refractivity contribution >= 4 is 29.3 Å². The van der Waals surface area contributed by atoms with Crippen LogP contribution in [0.3, 0.4) is 0 Å². The summed E-state index contributed by atoms with van der Waals surface area (Å²) in [4.78, 5) is 16.7. The molecule has 0 saturated carbocycles. The largest absolute Gasteiger partial charge is 0.446 e. The molecule has 0 unspecified atom stereocenters. The number of rotatable bonds is 5. The zero-order chi connectivity index (χ0) is 16.4. The highest BCUT2D eigenvalue weighted by Crippen LogP contribution is 2.33. The van der Waals surface area contributed by atoms with Gasteiger partial charge in [-0.3, -0.25) is 4.79 Å². The normalized spacial score (nSPS) is 12.3. The van der Waals surface area contributed by atoms with Gasteiger partial charge in [0.05, 0.1) is 0 Å². The van der Waals surface area contributed by atoms with Crippen LogP contribution in [-0.2, 0) is 4.79 Å². The zero-order valence-corrected chi connectivity index (χ0v) is 13.8. The molecular formula is C16H14ClN3O2S. The Labute approximate surface area is 142 Å². The first kappa shape index (κ1) is 15.7. The molecule has 2 heterocycles. The summed E-state index contributed by atoms with van der Waals surface area (Å²) in [6.45, 7) is 1.72. The van der Waals surface area contributed by atoms with Gasteiger partial charge in [0.1, 0.15) is 6.04 Å². The molecule has 5 nitrogen and oxygen atoms in total. The van der Waals surface area contributed by atoms with Crippen LogP contribution < -0.4 is 5.73 Å². The molecule has 1 atom stereocenters. The van der Waals surface area contributed by atoms with Gasteiger partial charge in [0.25, 0.3) is 0 Å². The highest BCUT2D eigenvalue weighted by atomic mass is 35.5. The minimum absolute atomic E-state index is 0.424. The Morgan fingerprint density at radius 2 is 2.04 bits per heavy atom. The van der Waals surface area contributed by atoms with E-state index in [-0.39, 0.29) is 0 Å². The van der Waals surface area contributed by atoms with Crippen LogP contribution in [0.1, 0.15) is 13.0 Å². The average molecular weight is 348 g/mol. The van der Waals surface area contributed by atoms with Crippen LogP contribution in [0.2, 0.25) is 5.02 Å². The van der Waals surface area contributed by atoms with Gasteiger partial charge in [0.15, 0.2) is 16.7 Å². The predicted molar refractivity (Wildman–Crippen MR) is 89.4 cm³/mol. The van der Waals surface area contributed by atoms with E-state index in [4.69, 9.17) is 21.8 Å². The number of hydrogen-bond acceptors (Lipinski definition) is 4. The first-order valence-corrected chi connectivity index (χ1v) is 8.10. The van der Waals surface area contributed by atoms with Crippen molar-refractivity contribution in [2.24, 2.45) is 5.73 Å². The Hall–Kier alpha value is -2.18. The number of benzene rings is 1. The second-order valence-corrected chi connectivity index (χ2v) is 6.43. The van der Waals surface area contributed by atoms with E-state index in [0.29, 0.717) is 16.6 Å². The fourth-order valence-electron chi connectivity index (χ4n) is 2.07. The summed E-state index contributed by atoms with van der Waals surface area (Å²) in [5.74, 6) is 0.727. The zero-order valence-electron chi connectivity index (χ0n) is 12.3. The number of nitrogens with two attached hydrogens (primary N) is 1. The number of imidazole rings is 1. The van der Waals surface area contributed by atoms with Gasteiger partial charge in [-0.15, -0.1) is 0 Å². The average Bonchev–Trinajstić information content (AvgIpc) is 3.17. The molecule has 0 aliphatic rings. The van der Waals surface area contributed by atoms with Gasteiger partial charge in [-0.25, -0.2) is 4.98 Å². The minimum Gasteiger partial charge on any atom is -0.446 e. The van der Waals surface area contributed by atoms with Crippen molar-refractivity contribution in [1.82, 2.24) is 9.55 Å². The smallest absolute Gasteiger partial charge is 0.240 e. The van der Waals surface area contributed by atoms with Crippen LogP contribution in [-0.4, -0.2) is 15.5 Å². The number of amides is 1. The van der Waals surface area contributed by atoms with Crippen LogP contribution in [0.5, 0.6) is 0 Å². The fraction of sp³-hybridized carbons (Fsp3) is 0.125. The lowest BCUT2D eigenvalue weighted by Crippen LogP contribution is -2.24. The molecule has 0 bridgehead atoms. The van der Waals surface area contributed by atoms with E-state index in [1.54, 1.807) is 23.9 Å². The maximum atomic E-state index is 11.4. The van der Waals surface area contributed by atoms with Crippen molar-refractivity contribution in [1.29, 1.82) is 0 Å². The predicted octanol–water partition coefficient (Wildman–Crippen LogP) is 3.99. The van der Waals surface area contributed by atoms with E-state index < -0.39 is 11.9 Å². The SMILES string of the molecule is C[C@@H](C(N)=O)n1ccnc1-c1ccc(Sc2ccc(Cl)cc2)o1. The summed E-state index contributed by atoms with van der Waals surface area (Å²) in [6.07, 6.45) is 3.32. The summed E-state index contributed by atoms with van der Waals surface area (Å²) in [7, 11) is 0. The third-order valence-corrected chi connectivity index (χ3v) is 4.51. The highest BCUT2D eigenvalue weighted by molar-refractivity contribution is 7.99. The molecule has 118 valence electrons. The van der Waals surface area contributed by atoms with Crippen molar-refractivity contribution in [2.45, 2.75) is 23.0 Å². The maximum Gasteiger partial charge on any atom is 0.240 e. The van der Waals surface area contributed by atoms with Gasteiger partial charge in [-0.2, -0.15) is 0 Å². The quantitative estimate of drug-likeness (QED) is 0.757. The minimum atomic E-state index is -0.495. The van der Waals surface area contributed by atoms with E-state index in [2.05, 4.69) is 4.98 Å². The van der Waals surface area contributed by atoms with Crippen LogP contribution >= 0.6 is 23.4 Å². The number of carbonyl (C=O) groups excluding carboxylic acids is 1. The topological polar surface area (TPSA) is 74.1 Å². The lowest BCUT2D eigenvalue weighted by Gasteiger charge is -2.11. The van der Waals surface area contributed by atoms with Crippen LogP contribution in [0.15, 0.2) is 63.2 Å². The Kier molecular flexibility index (Phi) is 4.45. The summed E-state index contributed by atoms with van der Waals surface area (Å²) >= 11 is 7.36. The Morgan fingerprint density at radius 3 is 2.74 bits per heavy atom. The molecule has 0 aliphatic carbocycles. The number of hydrogen-bond donors (Lipinski definition) is 1. The fourth-order valence-corrected chi connectivity index (χ4v) is 2.97. The molecule has 0 saturated heterocycles. The molecule has 0 spiro atoms. The molecule has 3 aromatic rings. The van der Waals surface area contributed by atoms with Crippen LogP contribution in [0.4, 0.5) is 0 Å². The third-order valence-electron chi connectivity index (χ3n) is 3.33. The van der Waals surface area contributed by atoms with E-state index >= 15 is 0 Å². The number of carbonyl (C=O) groups is 1. The van der Waals surface area contributed by atoms with E-state index in [0.717, 1.165) is 9.99 Å². The molecule has 1 aromatic carbocycles. The van der Waals surface area contributed by atoms with Gasteiger partial charge in [0, 0.05) is 22.3 Å². The van der Waals surface area contributed by atoms with Crippen LogP contribution in [0, 0.1) is 0 Å². The molecule has 2 aromatic heterocycles. The van der Waals surface area contributed by atoms with Crippen molar-refractivity contribution in [3.8, 4) is 11.6 Å². The van der Waals surface area contributed by atoms with Gasteiger partial charge >= 0.3 is 0 Å². The monoisotopic (exact) mass is 347 g/mol. The van der Waals surface area contributed by atoms with Gasteiger partial charge in [-0.05, 0) is 43.3 Å². The van der Waals surface area contributed by atoms with Gasteiger partial charge < -0.3 is 14.7 Å². The molecule has 3 rings (SSSR count). The maximum absolute atomic E-state index is 11.4. The number of nitrogens with zero attached hydrogens (tertiary/aromatic N) is 2. The number of furan rings is 1. The molecule has 1 amide bonds. The second kappa shape index (κ2) is 6.52. The summed E-state index contributed by atoms with van der Waals surface area (Å²) in [5.41, 5.74) is 5.36. The standard InChI is InChI=1S/C16H14ClN3O2S/c1-10(15(18)21)20-9-8-19-16(20)13-6-7-14(22-13)23-12-4-2-11(17)3-5-12/h2-10H,1H3,(H2,18,21)/t10-/m0/s1. The lowest BCUT2D eigenvalue weighted by atomic mass is 10.3.